The number of nitriles is 1. The van der Waals surface area contributed by atoms with Gasteiger partial charge in [-0.1, -0.05) is 45.0 Å². The summed E-state index contributed by atoms with van der Waals surface area (Å²) in [6, 6.07) is 15.9. The molecule has 1 N–H and O–H groups in total. The van der Waals surface area contributed by atoms with Crippen LogP contribution in [0.1, 0.15) is 50.4 Å². The second-order valence-electron chi connectivity index (χ2n) is 10.3. The van der Waals surface area contributed by atoms with Crippen LogP contribution in [-0.2, 0) is 16.8 Å². The molecule has 1 fully saturated rings. The number of piperidine rings is 1. The molecule has 9 nitrogen and oxygen atoms in total. The molecule has 0 spiro atoms. The summed E-state index contributed by atoms with van der Waals surface area (Å²) in [7, 11) is 0. The van der Waals surface area contributed by atoms with E-state index in [9.17, 15) is 10.1 Å². The van der Waals surface area contributed by atoms with Gasteiger partial charge in [0.1, 0.15) is 11.9 Å². The van der Waals surface area contributed by atoms with Crippen molar-refractivity contribution in [3.8, 4) is 17.7 Å². The fourth-order valence-corrected chi connectivity index (χ4v) is 4.53. The van der Waals surface area contributed by atoms with Crippen LogP contribution in [0.25, 0.3) is 11.7 Å². The SMILES string of the molecule is CC(C)(C)c1ccc(Cn2nccc2NC(=O)C2CCN(c3oc(-c4ccco4)nc3C#N)CC2)cc1. The number of anilines is 2. The summed E-state index contributed by atoms with van der Waals surface area (Å²) in [6.45, 7) is 8.32. The molecule has 0 bridgehead atoms. The van der Waals surface area contributed by atoms with E-state index in [1.807, 2.05) is 15.6 Å². The molecule has 1 aliphatic rings. The van der Waals surface area contributed by atoms with E-state index in [1.165, 1.54) is 11.8 Å². The summed E-state index contributed by atoms with van der Waals surface area (Å²) in [5.74, 6) is 1.67. The normalized spacial score (nSPS) is 14.5. The quantitative estimate of drug-likeness (QED) is 0.388. The van der Waals surface area contributed by atoms with Gasteiger partial charge in [-0.25, -0.2) is 4.68 Å². The number of carbonyl (C=O) groups is 1. The number of amides is 1. The smallest absolute Gasteiger partial charge is 0.266 e. The van der Waals surface area contributed by atoms with Gasteiger partial charge in [-0.2, -0.15) is 15.3 Å². The molecule has 9 heteroatoms. The van der Waals surface area contributed by atoms with Crippen molar-refractivity contribution >= 4 is 17.6 Å². The van der Waals surface area contributed by atoms with Crippen molar-refractivity contribution in [1.82, 2.24) is 14.8 Å². The van der Waals surface area contributed by atoms with Gasteiger partial charge in [0.25, 0.3) is 5.89 Å². The van der Waals surface area contributed by atoms with Crippen molar-refractivity contribution in [2.45, 2.75) is 45.6 Å². The molecule has 0 unspecified atom stereocenters. The second-order valence-corrected chi connectivity index (χ2v) is 10.3. The van der Waals surface area contributed by atoms with Crippen LogP contribution in [0, 0.1) is 17.2 Å². The summed E-state index contributed by atoms with van der Waals surface area (Å²) < 4.78 is 13.0. The van der Waals surface area contributed by atoms with E-state index in [-0.39, 0.29) is 28.8 Å². The fraction of sp³-hybridized carbons (Fsp3) is 0.357. The molecule has 37 heavy (non-hydrogen) atoms. The summed E-state index contributed by atoms with van der Waals surface area (Å²) in [5, 5.41) is 17.0. The Morgan fingerprint density at radius 3 is 2.57 bits per heavy atom. The highest BCUT2D eigenvalue weighted by Gasteiger charge is 2.29. The summed E-state index contributed by atoms with van der Waals surface area (Å²) in [6.07, 6.45) is 4.50. The number of hydrogen-bond donors (Lipinski definition) is 1. The molecule has 4 aromatic rings. The molecule has 190 valence electrons. The molecule has 0 radical (unpaired) electrons. The first-order valence-corrected chi connectivity index (χ1v) is 12.4. The number of rotatable bonds is 6. The Labute approximate surface area is 215 Å². The Kier molecular flexibility index (Phi) is 6.57. The first-order chi connectivity index (χ1) is 17.8. The lowest BCUT2D eigenvalue weighted by Crippen LogP contribution is -2.38. The van der Waals surface area contributed by atoms with Gasteiger partial charge in [0.2, 0.25) is 17.5 Å². The van der Waals surface area contributed by atoms with Gasteiger partial charge in [0, 0.05) is 25.1 Å². The number of nitrogens with zero attached hydrogens (tertiary/aromatic N) is 5. The lowest BCUT2D eigenvalue weighted by molar-refractivity contribution is -0.120. The van der Waals surface area contributed by atoms with Gasteiger partial charge < -0.3 is 19.1 Å². The monoisotopic (exact) mass is 498 g/mol. The van der Waals surface area contributed by atoms with Gasteiger partial charge in [0.15, 0.2) is 5.76 Å². The third-order valence-corrected chi connectivity index (χ3v) is 6.72. The molecule has 1 saturated heterocycles. The first kappa shape index (κ1) is 24.4. The Morgan fingerprint density at radius 2 is 1.92 bits per heavy atom. The summed E-state index contributed by atoms with van der Waals surface area (Å²) in [5.41, 5.74) is 2.72. The molecular weight excluding hydrogens is 468 g/mol. The lowest BCUT2D eigenvalue weighted by atomic mass is 9.87. The minimum atomic E-state index is -0.149. The van der Waals surface area contributed by atoms with Gasteiger partial charge >= 0.3 is 0 Å². The van der Waals surface area contributed by atoms with E-state index < -0.39 is 0 Å². The lowest BCUT2D eigenvalue weighted by Gasteiger charge is -2.30. The molecule has 1 aromatic carbocycles. The zero-order valence-electron chi connectivity index (χ0n) is 21.3. The predicted octanol–water partition coefficient (Wildman–Crippen LogP) is 5.20. The zero-order chi connectivity index (χ0) is 26.0. The molecule has 1 amide bonds. The first-order valence-electron chi connectivity index (χ1n) is 12.4. The molecule has 1 aliphatic heterocycles. The Morgan fingerprint density at radius 1 is 1.16 bits per heavy atom. The van der Waals surface area contributed by atoms with Gasteiger partial charge in [-0.15, -0.1) is 0 Å². The average molecular weight is 499 g/mol. The highest BCUT2D eigenvalue weighted by atomic mass is 16.4. The number of hydrogen-bond acceptors (Lipinski definition) is 7. The highest BCUT2D eigenvalue weighted by molar-refractivity contribution is 5.92. The third-order valence-electron chi connectivity index (χ3n) is 6.72. The Balaban J connectivity index is 1.20. The van der Waals surface area contributed by atoms with Crippen molar-refractivity contribution in [2.24, 2.45) is 5.92 Å². The van der Waals surface area contributed by atoms with Crippen molar-refractivity contribution in [3.63, 3.8) is 0 Å². The van der Waals surface area contributed by atoms with E-state index in [0.717, 1.165) is 5.56 Å². The summed E-state index contributed by atoms with van der Waals surface area (Å²) in [4.78, 5) is 19.3. The van der Waals surface area contributed by atoms with Crippen LogP contribution >= 0.6 is 0 Å². The molecule has 3 aromatic heterocycles. The second kappa shape index (κ2) is 9.97. The molecule has 4 heterocycles. The van der Waals surface area contributed by atoms with Gasteiger partial charge in [-0.05, 0) is 41.5 Å². The zero-order valence-corrected chi connectivity index (χ0v) is 21.3. The maximum Gasteiger partial charge on any atom is 0.266 e. The average Bonchev–Trinajstić information content (AvgIpc) is 3.65. The van der Waals surface area contributed by atoms with Crippen LogP contribution in [0.5, 0.6) is 0 Å². The Bertz CT molecular complexity index is 1400. The number of furan rings is 1. The number of nitrogens with one attached hydrogen (secondary N) is 1. The van der Waals surface area contributed by atoms with E-state index in [0.29, 0.717) is 49.9 Å². The van der Waals surface area contributed by atoms with E-state index >= 15 is 0 Å². The number of oxazole rings is 1. The standard InChI is InChI=1S/C28H30N6O3/c1-28(2,3)21-8-6-19(7-9-21)18-34-24(10-13-30-34)32-25(35)20-11-14-33(15-12-20)27-22(17-29)31-26(37-27)23-5-4-16-36-23/h4-10,13,16,20H,11-12,14-15,18H2,1-3H3,(H,32,35). The number of aromatic nitrogens is 3. The third kappa shape index (κ3) is 5.28. The van der Waals surface area contributed by atoms with Crippen molar-refractivity contribution in [2.75, 3.05) is 23.3 Å². The van der Waals surface area contributed by atoms with Crippen molar-refractivity contribution in [1.29, 1.82) is 5.26 Å². The van der Waals surface area contributed by atoms with E-state index in [2.05, 4.69) is 66.5 Å². The van der Waals surface area contributed by atoms with Crippen LogP contribution in [0.4, 0.5) is 11.7 Å². The van der Waals surface area contributed by atoms with Gasteiger partial charge in [-0.3, -0.25) is 4.79 Å². The van der Waals surface area contributed by atoms with Crippen LogP contribution in [-0.4, -0.2) is 33.8 Å². The minimum absolute atomic E-state index is 0.0289. The minimum Gasteiger partial charge on any atom is -0.459 e. The number of carbonyl (C=O) groups excluding carboxylic acids is 1. The van der Waals surface area contributed by atoms with Crippen LogP contribution in [0.3, 0.4) is 0 Å². The van der Waals surface area contributed by atoms with E-state index in [4.69, 9.17) is 8.83 Å². The molecule has 0 atom stereocenters. The summed E-state index contributed by atoms with van der Waals surface area (Å²) >= 11 is 0. The van der Waals surface area contributed by atoms with Crippen molar-refractivity contribution < 1.29 is 13.6 Å². The predicted molar refractivity (Wildman–Crippen MR) is 139 cm³/mol. The molecular formula is C28H30N6O3. The van der Waals surface area contributed by atoms with Gasteiger partial charge in [0.05, 0.1) is 19.0 Å². The fourth-order valence-electron chi connectivity index (χ4n) is 4.53. The topological polar surface area (TPSA) is 113 Å². The Hall–Kier alpha value is -4.32. The molecule has 0 aliphatic carbocycles. The number of benzene rings is 1. The maximum atomic E-state index is 13.1. The van der Waals surface area contributed by atoms with Crippen LogP contribution < -0.4 is 10.2 Å². The molecule has 0 saturated carbocycles. The largest absolute Gasteiger partial charge is 0.459 e. The van der Waals surface area contributed by atoms with E-state index in [1.54, 1.807) is 18.3 Å². The van der Waals surface area contributed by atoms with Crippen molar-refractivity contribution in [3.05, 3.63) is 71.7 Å². The maximum absolute atomic E-state index is 13.1. The van der Waals surface area contributed by atoms with Crippen LogP contribution in [0.2, 0.25) is 0 Å². The highest BCUT2D eigenvalue weighted by Crippen LogP contribution is 2.31. The molecule has 5 rings (SSSR count). The van der Waals surface area contributed by atoms with Crippen LogP contribution in [0.15, 0.2) is 63.8 Å².